The number of aromatic nitrogens is 1. The third-order valence-corrected chi connectivity index (χ3v) is 3.17. The van der Waals surface area contributed by atoms with Gasteiger partial charge in [0, 0.05) is 23.6 Å². The number of aliphatic hydroxyl groups is 1. The molecule has 0 saturated heterocycles. The monoisotopic (exact) mass is 223 g/mol. The fourth-order valence-electron chi connectivity index (χ4n) is 1.98. The zero-order valence-corrected chi connectivity index (χ0v) is 8.56. The van der Waals surface area contributed by atoms with Crippen molar-refractivity contribution in [2.75, 3.05) is 0 Å². The number of hydrogen-bond donors (Lipinski definition) is 2. The first-order valence-electron chi connectivity index (χ1n) is 5.25. The van der Waals surface area contributed by atoms with Gasteiger partial charge in [0.05, 0.1) is 11.1 Å². The number of hydrogen-bond acceptors (Lipinski definition) is 1. The zero-order chi connectivity index (χ0) is 11.3. The third-order valence-electron chi connectivity index (χ3n) is 3.17. The normalized spacial score (nSPS) is 17.9. The predicted octanol–water partition coefficient (Wildman–Crippen LogP) is 2.51. The van der Waals surface area contributed by atoms with Crippen LogP contribution in [0.4, 0.5) is 8.78 Å². The molecule has 0 spiro atoms. The largest absolute Gasteiger partial charge is 0.390 e. The molecule has 16 heavy (non-hydrogen) atoms. The van der Waals surface area contributed by atoms with Crippen LogP contribution in [0.15, 0.2) is 18.3 Å². The fourth-order valence-corrected chi connectivity index (χ4v) is 1.98. The lowest BCUT2D eigenvalue weighted by molar-refractivity contribution is 0.148. The predicted molar refractivity (Wildman–Crippen MR) is 56.1 cm³/mol. The van der Waals surface area contributed by atoms with Crippen LogP contribution in [0.1, 0.15) is 18.4 Å². The van der Waals surface area contributed by atoms with Crippen molar-refractivity contribution in [1.29, 1.82) is 0 Å². The Morgan fingerprint density at radius 3 is 2.81 bits per heavy atom. The van der Waals surface area contributed by atoms with E-state index >= 15 is 0 Å². The first-order valence-corrected chi connectivity index (χ1v) is 5.25. The number of rotatable bonds is 2. The van der Waals surface area contributed by atoms with Gasteiger partial charge in [0.15, 0.2) is 5.82 Å². The summed E-state index contributed by atoms with van der Waals surface area (Å²) in [5.74, 6) is -1.16. The molecule has 0 unspecified atom stereocenters. The molecule has 84 valence electrons. The van der Waals surface area contributed by atoms with E-state index in [1.807, 2.05) is 0 Å². The molecule has 1 aliphatic rings. The minimum atomic E-state index is -0.887. The first-order chi connectivity index (χ1) is 7.59. The number of aromatic amines is 1. The van der Waals surface area contributed by atoms with E-state index in [2.05, 4.69) is 4.98 Å². The summed E-state index contributed by atoms with van der Waals surface area (Å²) < 4.78 is 27.6. The highest BCUT2D eigenvalue weighted by Crippen LogP contribution is 2.40. The standard InChI is InChI=1S/C12H11F2NO/c13-9-5-7-1-4-15-11(7)10(14)8(9)6-12(16)2-3-12/h1,4-5,15-16H,2-3,6H2. The van der Waals surface area contributed by atoms with Crippen molar-refractivity contribution in [3.8, 4) is 0 Å². The summed E-state index contributed by atoms with van der Waals surface area (Å²) >= 11 is 0. The van der Waals surface area contributed by atoms with E-state index in [1.54, 1.807) is 12.3 Å². The van der Waals surface area contributed by atoms with Gasteiger partial charge in [-0.1, -0.05) is 0 Å². The summed E-state index contributed by atoms with van der Waals surface area (Å²) in [6.45, 7) is 0. The second-order valence-electron chi connectivity index (χ2n) is 4.49. The van der Waals surface area contributed by atoms with E-state index in [-0.39, 0.29) is 12.0 Å². The van der Waals surface area contributed by atoms with Crippen molar-refractivity contribution in [1.82, 2.24) is 4.98 Å². The molecule has 1 aromatic carbocycles. The number of nitrogens with one attached hydrogen (secondary N) is 1. The van der Waals surface area contributed by atoms with Gasteiger partial charge in [0.25, 0.3) is 0 Å². The highest BCUT2D eigenvalue weighted by Gasteiger charge is 2.41. The molecule has 4 heteroatoms. The summed E-state index contributed by atoms with van der Waals surface area (Å²) in [5.41, 5.74) is -0.599. The van der Waals surface area contributed by atoms with Crippen LogP contribution in [-0.4, -0.2) is 15.7 Å². The van der Waals surface area contributed by atoms with Gasteiger partial charge in [-0.3, -0.25) is 0 Å². The molecular weight excluding hydrogens is 212 g/mol. The van der Waals surface area contributed by atoms with E-state index in [4.69, 9.17) is 0 Å². The van der Waals surface area contributed by atoms with E-state index in [1.165, 1.54) is 6.07 Å². The number of H-pyrrole nitrogens is 1. The average Bonchev–Trinajstić information content (AvgIpc) is 2.77. The fraction of sp³-hybridized carbons (Fsp3) is 0.333. The molecule has 0 radical (unpaired) electrons. The van der Waals surface area contributed by atoms with Gasteiger partial charge in [-0.25, -0.2) is 8.78 Å². The molecule has 0 amide bonds. The highest BCUT2D eigenvalue weighted by atomic mass is 19.1. The molecule has 1 aromatic heterocycles. The Bertz CT molecular complexity index is 557. The molecule has 1 heterocycles. The van der Waals surface area contributed by atoms with Crippen LogP contribution in [0.3, 0.4) is 0 Å². The lowest BCUT2D eigenvalue weighted by Crippen LogP contribution is -2.13. The first kappa shape index (κ1) is 9.78. The van der Waals surface area contributed by atoms with Crippen LogP contribution in [0, 0.1) is 11.6 Å². The Labute approximate surface area is 90.9 Å². The topological polar surface area (TPSA) is 36.0 Å². The van der Waals surface area contributed by atoms with E-state index in [0.717, 1.165) is 0 Å². The van der Waals surface area contributed by atoms with Crippen molar-refractivity contribution in [3.05, 3.63) is 35.5 Å². The minimum Gasteiger partial charge on any atom is -0.390 e. The molecule has 2 N–H and O–H groups in total. The van der Waals surface area contributed by atoms with E-state index in [0.29, 0.717) is 23.7 Å². The Morgan fingerprint density at radius 2 is 2.12 bits per heavy atom. The molecule has 0 atom stereocenters. The molecule has 0 bridgehead atoms. The minimum absolute atomic E-state index is 0.0186. The van der Waals surface area contributed by atoms with Crippen molar-refractivity contribution < 1.29 is 13.9 Å². The van der Waals surface area contributed by atoms with Crippen molar-refractivity contribution in [2.45, 2.75) is 24.9 Å². The maximum Gasteiger partial charge on any atom is 0.153 e. The van der Waals surface area contributed by atoms with Crippen LogP contribution in [0.2, 0.25) is 0 Å². The van der Waals surface area contributed by atoms with Crippen molar-refractivity contribution in [3.63, 3.8) is 0 Å². The number of halogens is 2. The summed E-state index contributed by atoms with van der Waals surface area (Å²) in [6, 6.07) is 2.92. The van der Waals surface area contributed by atoms with Crippen LogP contribution < -0.4 is 0 Å². The van der Waals surface area contributed by atoms with Gasteiger partial charge in [-0.2, -0.15) is 0 Å². The van der Waals surface area contributed by atoms with Gasteiger partial charge in [-0.05, 0) is 25.0 Å². The Kier molecular flexibility index (Phi) is 1.86. The number of fused-ring (bicyclic) bond motifs is 1. The second kappa shape index (κ2) is 3.04. The molecule has 0 aliphatic heterocycles. The van der Waals surface area contributed by atoms with Crippen LogP contribution in [0.25, 0.3) is 10.9 Å². The molecule has 3 rings (SSSR count). The smallest absolute Gasteiger partial charge is 0.153 e. The maximum absolute atomic E-state index is 13.9. The Balaban J connectivity index is 2.14. The molecule has 2 nitrogen and oxygen atoms in total. The lowest BCUT2D eigenvalue weighted by Gasteiger charge is -2.10. The lowest BCUT2D eigenvalue weighted by atomic mass is 10.0. The molecule has 2 aromatic rings. The van der Waals surface area contributed by atoms with Crippen LogP contribution in [0.5, 0.6) is 0 Å². The van der Waals surface area contributed by atoms with Gasteiger partial charge in [0.1, 0.15) is 5.82 Å². The van der Waals surface area contributed by atoms with Crippen molar-refractivity contribution in [2.24, 2.45) is 0 Å². The summed E-state index contributed by atoms with van der Waals surface area (Å²) in [7, 11) is 0. The van der Waals surface area contributed by atoms with Crippen LogP contribution in [-0.2, 0) is 6.42 Å². The van der Waals surface area contributed by atoms with Gasteiger partial charge in [0.2, 0.25) is 0 Å². The Morgan fingerprint density at radius 1 is 1.38 bits per heavy atom. The van der Waals surface area contributed by atoms with Gasteiger partial charge < -0.3 is 10.1 Å². The molecule has 1 saturated carbocycles. The van der Waals surface area contributed by atoms with E-state index < -0.39 is 17.2 Å². The van der Waals surface area contributed by atoms with Crippen LogP contribution >= 0.6 is 0 Å². The summed E-state index contributed by atoms with van der Waals surface area (Å²) in [5, 5.41) is 10.2. The molecule has 1 fully saturated rings. The molecule has 1 aliphatic carbocycles. The third kappa shape index (κ3) is 1.41. The molecular formula is C12H11F2NO. The summed E-state index contributed by atoms with van der Waals surface area (Å²) in [4.78, 5) is 2.74. The average molecular weight is 223 g/mol. The Hall–Kier alpha value is -1.42. The quantitative estimate of drug-likeness (QED) is 0.806. The maximum atomic E-state index is 13.9. The van der Waals surface area contributed by atoms with Gasteiger partial charge >= 0.3 is 0 Å². The van der Waals surface area contributed by atoms with E-state index in [9.17, 15) is 13.9 Å². The zero-order valence-electron chi connectivity index (χ0n) is 8.56. The van der Waals surface area contributed by atoms with Gasteiger partial charge in [-0.15, -0.1) is 0 Å². The van der Waals surface area contributed by atoms with Crippen molar-refractivity contribution >= 4 is 10.9 Å². The summed E-state index contributed by atoms with van der Waals surface area (Å²) in [6.07, 6.45) is 2.87. The SMILES string of the molecule is OC1(Cc2c(F)cc3cc[nH]c3c2F)CC1. The highest BCUT2D eigenvalue weighted by molar-refractivity contribution is 5.80. The number of benzene rings is 1. The second-order valence-corrected chi connectivity index (χ2v) is 4.49.